The quantitative estimate of drug-likeness (QED) is 0.853. The normalized spacial score (nSPS) is 18.2. The summed E-state index contributed by atoms with van der Waals surface area (Å²) >= 11 is 0. The fourth-order valence-corrected chi connectivity index (χ4v) is 2.55. The van der Waals surface area contributed by atoms with Gasteiger partial charge < -0.3 is 19.5 Å². The standard InChI is InChI=1S/C15H19NO5/c1-20-12-7-3-6-11(13(12)17)14(18)16-8-4-5-10(9-16)15(19)21-2/h3,6-7,10,17H,4-5,8-9H2,1-2H3. The summed E-state index contributed by atoms with van der Waals surface area (Å²) in [4.78, 5) is 25.7. The molecular weight excluding hydrogens is 274 g/mol. The van der Waals surface area contributed by atoms with Gasteiger partial charge in [-0.05, 0) is 25.0 Å². The highest BCUT2D eigenvalue weighted by Gasteiger charge is 2.30. The predicted molar refractivity (Wildman–Crippen MR) is 75.3 cm³/mol. The van der Waals surface area contributed by atoms with Gasteiger partial charge in [-0.1, -0.05) is 6.07 Å². The second-order valence-electron chi connectivity index (χ2n) is 4.97. The Morgan fingerprint density at radius 2 is 2.10 bits per heavy atom. The van der Waals surface area contributed by atoms with Crippen LogP contribution >= 0.6 is 0 Å². The maximum absolute atomic E-state index is 12.5. The summed E-state index contributed by atoms with van der Waals surface area (Å²) < 4.78 is 9.74. The van der Waals surface area contributed by atoms with Gasteiger partial charge in [0, 0.05) is 13.1 Å². The smallest absolute Gasteiger partial charge is 0.310 e. The molecule has 2 rings (SSSR count). The number of carbonyl (C=O) groups excluding carboxylic acids is 2. The van der Waals surface area contributed by atoms with Gasteiger partial charge >= 0.3 is 5.97 Å². The highest BCUT2D eigenvalue weighted by Crippen LogP contribution is 2.31. The van der Waals surface area contributed by atoms with Gasteiger partial charge in [0.05, 0.1) is 25.7 Å². The first kappa shape index (κ1) is 15.2. The summed E-state index contributed by atoms with van der Waals surface area (Å²) in [6.07, 6.45) is 1.44. The molecule has 1 heterocycles. The minimum Gasteiger partial charge on any atom is -0.504 e. The third-order valence-corrected chi connectivity index (χ3v) is 3.69. The molecule has 1 aliphatic heterocycles. The van der Waals surface area contributed by atoms with Crippen LogP contribution < -0.4 is 4.74 Å². The van der Waals surface area contributed by atoms with Crippen LogP contribution in [0.15, 0.2) is 18.2 Å². The summed E-state index contributed by atoms with van der Waals surface area (Å²) in [6, 6.07) is 4.77. The first-order valence-electron chi connectivity index (χ1n) is 6.81. The minimum absolute atomic E-state index is 0.176. The molecule has 21 heavy (non-hydrogen) atoms. The Hall–Kier alpha value is -2.24. The van der Waals surface area contributed by atoms with E-state index in [0.717, 1.165) is 6.42 Å². The van der Waals surface area contributed by atoms with Crippen LogP contribution in [0.2, 0.25) is 0 Å². The number of nitrogens with zero attached hydrogens (tertiary/aromatic N) is 1. The number of hydrogen-bond donors (Lipinski definition) is 1. The number of amides is 1. The van der Waals surface area contributed by atoms with E-state index in [0.29, 0.717) is 19.5 Å². The predicted octanol–water partition coefficient (Wildman–Crippen LogP) is 1.43. The Balaban J connectivity index is 2.18. The van der Waals surface area contributed by atoms with Crippen molar-refractivity contribution in [3.05, 3.63) is 23.8 Å². The van der Waals surface area contributed by atoms with E-state index >= 15 is 0 Å². The lowest BCUT2D eigenvalue weighted by molar-refractivity contribution is -0.146. The van der Waals surface area contributed by atoms with Crippen LogP contribution in [0.1, 0.15) is 23.2 Å². The number of rotatable bonds is 3. The number of carbonyl (C=O) groups is 2. The molecule has 1 aliphatic rings. The number of esters is 1. The fraction of sp³-hybridized carbons (Fsp3) is 0.467. The third kappa shape index (κ3) is 3.09. The fourth-order valence-electron chi connectivity index (χ4n) is 2.55. The first-order valence-corrected chi connectivity index (χ1v) is 6.81. The highest BCUT2D eigenvalue weighted by molar-refractivity contribution is 5.98. The average Bonchev–Trinajstić information content (AvgIpc) is 2.53. The van der Waals surface area contributed by atoms with Gasteiger partial charge in [-0.2, -0.15) is 0 Å². The number of benzene rings is 1. The van der Waals surface area contributed by atoms with Crippen molar-refractivity contribution in [3.8, 4) is 11.5 Å². The van der Waals surface area contributed by atoms with Crippen LogP contribution in [-0.2, 0) is 9.53 Å². The molecule has 0 saturated carbocycles. The maximum Gasteiger partial charge on any atom is 0.310 e. The third-order valence-electron chi connectivity index (χ3n) is 3.69. The van der Waals surface area contributed by atoms with Crippen molar-refractivity contribution in [2.24, 2.45) is 5.92 Å². The molecule has 1 amide bonds. The van der Waals surface area contributed by atoms with Gasteiger partial charge in [0.25, 0.3) is 5.91 Å². The molecule has 1 fully saturated rings. The van der Waals surface area contributed by atoms with Gasteiger partial charge in [-0.15, -0.1) is 0 Å². The van der Waals surface area contributed by atoms with E-state index in [1.54, 1.807) is 23.1 Å². The van der Waals surface area contributed by atoms with E-state index < -0.39 is 0 Å². The number of phenols is 1. The minimum atomic E-state index is -0.306. The molecule has 6 nitrogen and oxygen atoms in total. The van der Waals surface area contributed by atoms with Crippen LogP contribution in [0.3, 0.4) is 0 Å². The molecule has 0 radical (unpaired) electrons. The monoisotopic (exact) mass is 293 g/mol. The van der Waals surface area contributed by atoms with Crippen LogP contribution in [0, 0.1) is 5.92 Å². The van der Waals surface area contributed by atoms with Gasteiger partial charge in [-0.3, -0.25) is 9.59 Å². The molecule has 1 unspecified atom stereocenters. The summed E-state index contributed by atoms with van der Waals surface area (Å²) in [5.41, 5.74) is 0.180. The maximum atomic E-state index is 12.5. The molecule has 0 spiro atoms. The van der Waals surface area contributed by atoms with Gasteiger partial charge in [0.1, 0.15) is 0 Å². The second-order valence-corrected chi connectivity index (χ2v) is 4.97. The average molecular weight is 293 g/mol. The lowest BCUT2D eigenvalue weighted by atomic mass is 9.97. The van der Waals surface area contributed by atoms with Crippen molar-refractivity contribution in [2.45, 2.75) is 12.8 Å². The van der Waals surface area contributed by atoms with Gasteiger partial charge in [0.2, 0.25) is 0 Å². The molecule has 0 bridgehead atoms. The number of methoxy groups -OCH3 is 2. The highest BCUT2D eigenvalue weighted by atomic mass is 16.5. The summed E-state index contributed by atoms with van der Waals surface area (Å²) in [5.74, 6) is -0.838. The molecule has 0 aromatic heterocycles. The molecule has 1 aromatic rings. The zero-order valence-corrected chi connectivity index (χ0v) is 12.2. The molecule has 6 heteroatoms. The van der Waals surface area contributed by atoms with E-state index in [9.17, 15) is 14.7 Å². The molecule has 0 aliphatic carbocycles. The lowest BCUT2D eigenvalue weighted by Crippen LogP contribution is -2.42. The Morgan fingerprint density at radius 1 is 1.33 bits per heavy atom. The molecule has 1 atom stereocenters. The Morgan fingerprint density at radius 3 is 2.76 bits per heavy atom. The lowest BCUT2D eigenvalue weighted by Gasteiger charge is -2.31. The summed E-state index contributed by atoms with van der Waals surface area (Å²) in [5, 5.41) is 10.0. The zero-order chi connectivity index (χ0) is 15.4. The van der Waals surface area contributed by atoms with Gasteiger partial charge in [-0.25, -0.2) is 0 Å². The van der Waals surface area contributed by atoms with Gasteiger partial charge in [0.15, 0.2) is 11.5 Å². The number of para-hydroxylation sites is 1. The largest absolute Gasteiger partial charge is 0.504 e. The number of piperidine rings is 1. The van der Waals surface area contributed by atoms with Crippen molar-refractivity contribution in [3.63, 3.8) is 0 Å². The van der Waals surface area contributed by atoms with Crippen molar-refractivity contribution in [1.82, 2.24) is 4.90 Å². The molecule has 1 N–H and O–H groups in total. The number of ether oxygens (including phenoxy) is 2. The van der Waals surface area contributed by atoms with Crippen molar-refractivity contribution >= 4 is 11.9 Å². The Labute approximate surface area is 123 Å². The summed E-state index contributed by atoms with van der Waals surface area (Å²) in [7, 11) is 2.77. The van der Waals surface area contributed by atoms with Crippen LogP contribution in [0.5, 0.6) is 11.5 Å². The number of phenolic OH excluding ortho intramolecular Hbond substituents is 1. The second kappa shape index (κ2) is 6.47. The van der Waals surface area contributed by atoms with Crippen LogP contribution in [-0.4, -0.2) is 49.2 Å². The number of aromatic hydroxyl groups is 1. The van der Waals surface area contributed by atoms with Crippen molar-refractivity contribution in [1.29, 1.82) is 0 Å². The Bertz CT molecular complexity index is 543. The Kier molecular flexibility index (Phi) is 4.67. The van der Waals surface area contributed by atoms with Crippen LogP contribution in [0.4, 0.5) is 0 Å². The number of likely N-dealkylation sites (tertiary alicyclic amines) is 1. The molecular formula is C15H19NO5. The SMILES string of the molecule is COC(=O)C1CCCN(C(=O)c2cccc(OC)c2O)C1. The number of hydrogen-bond acceptors (Lipinski definition) is 5. The molecule has 1 saturated heterocycles. The van der Waals surface area contributed by atoms with Crippen molar-refractivity contribution < 1.29 is 24.2 Å². The van der Waals surface area contributed by atoms with E-state index in [1.807, 2.05) is 0 Å². The van der Waals surface area contributed by atoms with Crippen molar-refractivity contribution in [2.75, 3.05) is 27.3 Å². The zero-order valence-electron chi connectivity index (χ0n) is 12.2. The van der Waals surface area contributed by atoms with E-state index in [-0.39, 0.29) is 34.9 Å². The molecule has 114 valence electrons. The molecule has 1 aromatic carbocycles. The first-order chi connectivity index (χ1) is 10.1. The van der Waals surface area contributed by atoms with E-state index in [1.165, 1.54) is 14.2 Å². The van der Waals surface area contributed by atoms with E-state index in [4.69, 9.17) is 9.47 Å². The summed E-state index contributed by atoms with van der Waals surface area (Å²) in [6.45, 7) is 0.866. The van der Waals surface area contributed by atoms with E-state index in [2.05, 4.69) is 0 Å². The van der Waals surface area contributed by atoms with Crippen LogP contribution in [0.25, 0.3) is 0 Å². The topological polar surface area (TPSA) is 76.1 Å².